The van der Waals surface area contributed by atoms with Crippen LogP contribution >= 0.6 is 0 Å². The Hall–Kier alpha value is -3.59. The summed E-state index contributed by atoms with van der Waals surface area (Å²) < 4.78 is 9.30. The summed E-state index contributed by atoms with van der Waals surface area (Å²) >= 11 is 0. The molecule has 126 valence electrons. The number of rotatable bonds is 3. The molecule has 0 heterocycles. The van der Waals surface area contributed by atoms with Crippen LogP contribution in [0.4, 0.5) is 5.69 Å². The van der Waals surface area contributed by atoms with Crippen LogP contribution in [0.3, 0.4) is 0 Å². The molecule has 2 aromatic carbocycles. The zero-order valence-corrected chi connectivity index (χ0v) is 13.7. The molecule has 0 bridgehead atoms. The summed E-state index contributed by atoms with van der Waals surface area (Å²) in [6, 6.07) is 13.1. The quantitative estimate of drug-likeness (QED) is 0.686. The third-order valence-electron chi connectivity index (χ3n) is 3.19. The summed E-state index contributed by atoms with van der Waals surface area (Å²) in [5.41, 5.74) is 1.07. The predicted molar refractivity (Wildman–Crippen MR) is 91.1 cm³/mol. The molecule has 25 heavy (non-hydrogen) atoms. The van der Waals surface area contributed by atoms with Gasteiger partial charge in [-0.25, -0.2) is 9.59 Å². The second kappa shape index (κ2) is 8.31. The maximum Gasteiger partial charge on any atom is 0.339 e. The van der Waals surface area contributed by atoms with E-state index in [9.17, 15) is 14.4 Å². The van der Waals surface area contributed by atoms with E-state index in [0.29, 0.717) is 5.56 Å². The number of anilines is 1. The van der Waals surface area contributed by atoms with Gasteiger partial charge < -0.3 is 14.8 Å². The Morgan fingerprint density at radius 3 is 2.24 bits per heavy atom. The molecule has 0 fully saturated rings. The molecular weight excluding hydrogens is 322 g/mol. The first-order chi connectivity index (χ1) is 12.0. The Balaban J connectivity index is 2.29. The molecular formula is C19H15NO5. The van der Waals surface area contributed by atoms with E-state index in [1.807, 2.05) is 6.07 Å². The topological polar surface area (TPSA) is 81.7 Å². The molecule has 0 aliphatic heterocycles. The molecule has 1 N–H and O–H groups in total. The van der Waals surface area contributed by atoms with Gasteiger partial charge in [-0.2, -0.15) is 0 Å². The van der Waals surface area contributed by atoms with Crippen molar-refractivity contribution in [2.75, 3.05) is 19.5 Å². The normalized spacial score (nSPS) is 9.36. The molecule has 0 spiro atoms. The van der Waals surface area contributed by atoms with Gasteiger partial charge in [0, 0.05) is 11.5 Å². The Labute approximate surface area is 144 Å². The summed E-state index contributed by atoms with van der Waals surface area (Å²) in [5, 5.41) is 2.49. The smallest absolute Gasteiger partial charge is 0.339 e. The number of esters is 2. The van der Waals surface area contributed by atoms with Gasteiger partial charge in [-0.05, 0) is 30.3 Å². The average Bonchev–Trinajstić information content (AvgIpc) is 2.65. The van der Waals surface area contributed by atoms with E-state index in [1.54, 1.807) is 24.3 Å². The number of carbonyl (C=O) groups is 3. The van der Waals surface area contributed by atoms with Crippen molar-refractivity contribution >= 4 is 23.5 Å². The fourth-order valence-electron chi connectivity index (χ4n) is 1.98. The van der Waals surface area contributed by atoms with Crippen LogP contribution < -0.4 is 5.32 Å². The minimum Gasteiger partial charge on any atom is -0.465 e. The Morgan fingerprint density at radius 1 is 0.920 bits per heavy atom. The van der Waals surface area contributed by atoms with Crippen LogP contribution in [0.1, 0.15) is 26.3 Å². The summed E-state index contributed by atoms with van der Waals surface area (Å²) in [4.78, 5) is 35.5. The highest BCUT2D eigenvalue weighted by atomic mass is 16.5. The van der Waals surface area contributed by atoms with Crippen LogP contribution in [0.2, 0.25) is 0 Å². The number of amides is 1. The first-order valence-electron chi connectivity index (χ1n) is 7.24. The molecule has 0 saturated carbocycles. The van der Waals surface area contributed by atoms with E-state index in [2.05, 4.69) is 26.6 Å². The Bertz CT molecular complexity index is 862. The van der Waals surface area contributed by atoms with Crippen molar-refractivity contribution in [2.45, 2.75) is 0 Å². The molecule has 0 radical (unpaired) electrons. The van der Waals surface area contributed by atoms with Crippen molar-refractivity contribution in [3.05, 3.63) is 65.2 Å². The molecule has 0 unspecified atom stereocenters. The van der Waals surface area contributed by atoms with Crippen LogP contribution in [0.5, 0.6) is 0 Å². The highest BCUT2D eigenvalue weighted by molar-refractivity contribution is 6.09. The van der Waals surface area contributed by atoms with E-state index in [4.69, 9.17) is 0 Å². The van der Waals surface area contributed by atoms with E-state index in [0.717, 1.165) is 0 Å². The van der Waals surface area contributed by atoms with Crippen molar-refractivity contribution in [3.63, 3.8) is 0 Å². The summed E-state index contributed by atoms with van der Waals surface area (Å²) in [6.07, 6.45) is 0. The fraction of sp³-hybridized carbons (Fsp3) is 0.105. The third kappa shape index (κ3) is 4.69. The van der Waals surface area contributed by atoms with Crippen molar-refractivity contribution < 1.29 is 23.9 Å². The van der Waals surface area contributed by atoms with E-state index >= 15 is 0 Å². The zero-order valence-electron chi connectivity index (χ0n) is 13.7. The van der Waals surface area contributed by atoms with Gasteiger partial charge in [0.1, 0.15) is 0 Å². The molecule has 6 heteroatoms. The van der Waals surface area contributed by atoms with Gasteiger partial charge in [0.15, 0.2) is 0 Å². The van der Waals surface area contributed by atoms with Crippen molar-refractivity contribution in [3.8, 4) is 11.8 Å². The van der Waals surface area contributed by atoms with Gasteiger partial charge in [-0.3, -0.25) is 4.79 Å². The molecule has 1 amide bonds. The number of hydrogen-bond acceptors (Lipinski definition) is 5. The minimum atomic E-state index is -0.650. The molecule has 0 saturated heterocycles. The molecule has 0 aromatic heterocycles. The summed E-state index contributed by atoms with van der Waals surface area (Å²) in [5.74, 6) is 3.26. The average molecular weight is 337 g/mol. The van der Waals surface area contributed by atoms with Crippen LogP contribution in [-0.4, -0.2) is 32.1 Å². The minimum absolute atomic E-state index is 0.102. The maximum atomic E-state index is 12.0. The van der Waals surface area contributed by atoms with E-state index < -0.39 is 17.8 Å². The Kier molecular flexibility index (Phi) is 5.91. The predicted octanol–water partition coefficient (Wildman–Crippen LogP) is 2.25. The van der Waals surface area contributed by atoms with Crippen molar-refractivity contribution in [1.29, 1.82) is 0 Å². The lowest BCUT2D eigenvalue weighted by molar-refractivity contribution is -0.111. The van der Waals surface area contributed by atoms with Crippen LogP contribution in [0.15, 0.2) is 48.5 Å². The number of carbonyl (C=O) groups excluding carboxylic acids is 3. The number of ether oxygens (including phenoxy) is 2. The van der Waals surface area contributed by atoms with Gasteiger partial charge in [0.05, 0.1) is 31.0 Å². The second-order valence-corrected chi connectivity index (χ2v) is 4.81. The second-order valence-electron chi connectivity index (χ2n) is 4.81. The number of methoxy groups -OCH3 is 2. The highest BCUT2D eigenvalue weighted by Crippen LogP contribution is 2.19. The fourth-order valence-corrected chi connectivity index (χ4v) is 1.98. The highest BCUT2D eigenvalue weighted by Gasteiger charge is 2.16. The number of benzene rings is 2. The number of nitrogens with one attached hydrogen (secondary N) is 1. The lowest BCUT2D eigenvalue weighted by Gasteiger charge is -2.09. The lowest BCUT2D eigenvalue weighted by atomic mass is 10.1. The van der Waals surface area contributed by atoms with Gasteiger partial charge in [0.2, 0.25) is 0 Å². The molecule has 6 nitrogen and oxygen atoms in total. The van der Waals surface area contributed by atoms with Crippen LogP contribution in [-0.2, 0) is 14.3 Å². The lowest BCUT2D eigenvalue weighted by Crippen LogP contribution is -2.15. The molecule has 2 aromatic rings. The molecule has 0 aliphatic rings. The largest absolute Gasteiger partial charge is 0.465 e. The third-order valence-corrected chi connectivity index (χ3v) is 3.19. The zero-order chi connectivity index (χ0) is 18.2. The maximum absolute atomic E-state index is 12.0. The van der Waals surface area contributed by atoms with E-state index in [1.165, 1.54) is 32.4 Å². The van der Waals surface area contributed by atoms with Gasteiger partial charge >= 0.3 is 17.8 Å². The van der Waals surface area contributed by atoms with Crippen LogP contribution in [0.25, 0.3) is 0 Å². The summed E-state index contributed by atoms with van der Waals surface area (Å²) in [7, 11) is 2.46. The summed E-state index contributed by atoms with van der Waals surface area (Å²) in [6.45, 7) is 0. The van der Waals surface area contributed by atoms with E-state index in [-0.39, 0.29) is 16.8 Å². The van der Waals surface area contributed by atoms with Gasteiger partial charge in [0.25, 0.3) is 0 Å². The van der Waals surface area contributed by atoms with Gasteiger partial charge in [-0.15, -0.1) is 0 Å². The standard InChI is InChI=1S/C19H15NO5/c1-24-18(22)14-9-10-15(19(23)25-2)16(12-14)20-17(21)11-8-13-6-4-3-5-7-13/h3-7,9-10,12H,1-2H3,(H,20,21). The van der Waals surface area contributed by atoms with Crippen molar-refractivity contribution in [2.24, 2.45) is 0 Å². The number of hydrogen-bond donors (Lipinski definition) is 1. The van der Waals surface area contributed by atoms with Crippen LogP contribution in [0, 0.1) is 11.8 Å². The van der Waals surface area contributed by atoms with Crippen molar-refractivity contribution in [1.82, 2.24) is 0 Å². The first kappa shape index (κ1) is 17.8. The molecule has 0 atom stereocenters. The molecule has 0 aliphatic carbocycles. The first-order valence-corrected chi connectivity index (χ1v) is 7.24. The molecule has 2 rings (SSSR count). The Morgan fingerprint density at radius 2 is 1.60 bits per heavy atom. The SMILES string of the molecule is COC(=O)c1ccc(C(=O)OC)c(NC(=O)C#Cc2ccccc2)c1. The monoisotopic (exact) mass is 337 g/mol. The van der Waals surface area contributed by atoms with Gasteiger partial charge in [-0.1, -0.05) is 24.1 Å².